The van der Waals surface area contributed by atoms with E-state index >= 15 is 0 Å². The van der Waals surface area contributed by atoms with Crippen LogP contribution in [0, 0.1) is 0 Å². The van der Waals surface area contributed by atoms with Crippen molar-refractivity contribution in [2.45, 2.75) is 6.42 Å². The first-order valence-corrected chi connectivity index (χ1v) is 8.23. The van der Waals surface area contributed by atoms with Crippen LogP contribution in [0.15, 0.2) is 49.1 Å². The SMILES string of the molecule is C=CCc1cc(C(=O)Nc2ccc(OCCN)cc2)cc(OC)c1OC.Cl. The van der Waals surface area contributed by atoms with Crippen molar-refractivity contribution in [3.05, 3.63) is 60.2 Å². The van der Waals surface area contributed by atoms with Crippen LogP contribution < -0.4 is 25.3 Å². The van der Waals surface area contributed by atoms with Crippen molar-refractivity contribution in [2.75, 3.05) is 32.7 Å². The van der Waals surface area contributed by atoms with Crippen LogP contribution in [-0.4, -0.2) is 33.3 Å². The maximum atomic E-state index is 12.6. The van der Waals surface area contributed by atoms with Crippen molar-refractivity contribution in [3.63, 3.8) is 0 Å². The molecule has 6 nitrogen and oxygen atoms in total. The first-order chi connectivity index (χ1) is 12.6. The lowest BCUT2D eigenvalue weighted by Gasteiger charge is -2.14. The van der Waals surface area contributed by atoms with Crippen molar-refractivity contribution in [3.8, 4) is 17.2 Å². The molecule has 0 fully saturated rings. The van der Waals surface area contributed by atoms with Gasteiger partial charge < -0.3 is 25.3 Å². The van der Waals surface area contributed by atoms with Gasteiger partial charge in [-0.25, -0.2) is 0 Å². The Morgan fingerprint density at radius 2 is 1.89 bits per heavy atom. The van der Waals surface area contributed by atoms with Crippen LogP contribution in [0.3, 0.4) is 0 Å². The third-order valence-corrected chi connectivity index (χ3v) is 3.68. The smallest absolute Gasteiger partial charge is 0.255 e. The molecule has 2 rings (SSSR count). The van der Waals surface area contributed by atoms with E-state index in [0.717, 1.165) is 5.56 Å². The van der Waals surface area contributed by atoms with E-state index in [-0.39, 0.29) is 18.3 Å². The van der Waals surface area contributed by atoms with Gasteiger partial charge in [-0.2, -0.15) is 0 Å². The van der Waals surface area contributed by atoms with Gasteiger partial charge in [0.25, 0.3) is 5.91 Å². The minimum absolute atomic E-state index is 0. The van der Waals surface area contributed by atoms with E-state index in [0.29, 0.717) is 48.1 Å². The van der Waals surface area contributed by atoms with E-state index in [4.69, 9.17) is 19.9 Å². The van der Waals surface area contributed by atoms with Gasteiger partial charge >= 0.3 is 0 Å². The van der Waals surface area contributed by atoms with Crippen LogP contribution in [0.1, 0.15) is 15.9 Å². The summed E-state index contributed by atoms with van der Waals surface area (Å²) < 4.78 is 16.2. The molecule has 0 radical (unpaired) electrons. The van der Waals surface area contributed by atoms with Gasteiger partial charge in [0.05, 0.1) is 14.2 Å². The Morgan fingerprint density at radius 3 is 2.44 bits per heavy atom. The molecule has 2 aromatic rings. The summed E-state index contributed by atoms with van der Waals surface area (Å²) in [7, 11) is 3.11. The highest BCUT2D eigenvalue weighted by molar-refractivity contribution is 6.05. The molecule has 7 heteroatoms. The monoisotopic (exact) mass is 392 g/mol. The number of allylic oxidation sites excluding steroid dienone is 1. The third kappa shape index (κ3) is 5.91. The number of carbonyl (C=O) groups is 1. The zero-order valence-corrected chi connectivity index (χ0v) is 16.3. The Morgan fingerprint density at radius 1 is 1.19 bits per heavy atom. The number of hydrogen-bond acceptors (Lipinski definition) is 5. The number of halogens is 1. The average Bonchev–Trinajstić information content (AvgIpc) is 2.67. The molecule has 0 aliphatic heterocycles. The summed E-state index contributed by atoms with van der Waals surface area (Å²) in [6, 6.07) is 10.5. The standard InChI is InChI=1S/C20H24N2O4.ClH/c1-4-5-14-12-15(13-18(24-2)19(14)25-3)20(23)22-16-6-8-17(9-7-16)26-11-10-21;/h4,6-9,12-13H,1,5,10-11,21H2,2-3H3,(H,22,23);1H. The first-order valence-electron chi connectivity index (χ1n) is 8.23. The first kappa shape index (κ1) is 22.3. The average molecular weight is 393 g/mol. The maximum absolute atomic E-state index is 12.6. The number of amides is 1. The van der Waals surface area contributed by atoms with Gasteiger partial charge in [0.2, 0.25) is 0 Å². The fourth-order valence-electron chi connectivity index (χ4n) is 2.50. The lowest BCUT2D eigenvalue weighted by Crippen LogP contribution is -2.13. The number of carbonyl (C=O) groups excluding carboxylic acids is 1. The molecule has 0 aromatic heterocycles. The molecule has 0 spiro atoms. The molecule has 0 unspecified atom stereocenters. The van der Waals surface area contributed by atoms with Crippen LogP contribution in [-0.2, 0) is 6.42 Å². The van der Waals surface area contributed by atoms with Gasteiger partial charge in [-0.15, -0.1) is 19.0 Å². The topological polar surface area (TPSA) is 82.8 Å². The normalized spacial score (nSPS) is 9.74. The molecule has 0 bridgehead atoms. The number of hydrogen-bond donors (Lipinski definition) is 2. The summed E-state index contributed by atoms with van der Waals surface area (Å²) in [4.78, 5) is 12.6. The second kappa shape index (κ2) is 11.1. The summed E-state index contributed by atoms with van der Waals surface area (Å²) in [5.41, 5.74) is 7.38. The number of benzene rings is 2. The quantitative estimate of drug-likeness (QED) is 0.639. The second-order valence-electron chi connectivity index (χ2n) is 5.48. The number of nitrogens with one attached hydrogen (secondary N) is 1. The highest BCUT2D eigenvalue weighted by Gasteiger charge is 2.16. The van der Waals surface area contributed by atoms with E-state index in [2.05, 4.69) is 11.9 Å². The molecule has 1 amide bonds. The maximum Gasteiger partial charge on any atom is 0.255 e. The minimum atomic E-state index is -0.244. The Kier molecular flexibility index (Phi) is 9.19. The summed E-state index contributed by atoms with van der Waals surface area (Å²) >= 11 is 0. The van der Waals surface area contributed by atoms with Crippen LogP contribution in [0.5, 0.6) is 17.2 Å². The van der Waals surface area contributed by atoms with E-state index in [1.54, 1.807) is 49.6 Å². The molecule has 0 aliphatic rings. The molecular formula is C20H25ClN2O4. The number of nitrogens with two attached hydrogens (primary N) is 1. The van der Waals surface area contributed by atoms with E-state index in [9.17, 15) is 4.79 Å². The molecule has 27 heavy (non-hydrogen) atoms. The minimum Gasteiger partial charge on any atom is -0.493 e. The van der Waals surface area contributed by atoms with E-state index in [1.807, 2.05) is 0 Å². The zero-order chi connectivity index (χ0) is 18.9. The summed E-state index contributed by atoms with van der Waals surface area (Å²) in [5.74, 6) is 1.56. The molecule has 0 saturated carbocycles. The van der Waals surface area contributed by atoms with Crippen molar-refractivity contribution in [1.29, 1.82) is 0 Å². The predicted molar refractivity (Wildman–Crippen MR) is 110 cm³/mol. The van der Waals surface area contributed by atoms with Gasteiger partial charge in [0, 0.05) is 23.4 Å². The number of rotatable bonds is 9. The molecule has 146 valence electrons. The van der Waals surface area contributed by atoms with Crippen molar-refractivity contribution in [1.82, 2.24) is 0 Å². The highest BCUT2D eigenvalue weighted by Crippen LogP contribution is 2.33. The van der Waals surface area contributed by atoms with Gasteiger partial charge in [0.15, 0.2) is 11.5 Å². The molecule has 0 heterocycles. The Labute approximate surface area is 165 Å². The molecule has 0 aliphatic carbocycles. The summed E-state index contributed by atoms with van der Waals surface area (Å²) in [5, 5.41) is 2.86. The number of anilines is 1. The Bertz CT molecular complexity index is 763. The van der Waals surface area contributed by atoms with Crippen LogP contribution in [0.25, 0.3) is 0 Å². The lowest BCUT2D eigenvalue weighted by atomic mass is 10.0. The molecule has 3 N–H and O–H groups in total. The third-order valence-electron chi connectivity index (χ3n) is 3.68. The zero-order valence-electron chi connectivity index (χ0n) is 15.5. The van der Waals surface area contributed by atoms with Crippen LogP contribution in [0.4, 0.5) is 5.69 Å². The molecule has 2 aromatic carbocycles. The van der Waals surface area contributed by atoms with Crippen molar-refractivity contribution < 1.29 is 19.0 Å². The van der Waals surface area contributed by atoms with Gasteiger partial charge in [0.1, 0.15) is 12.4 Å². The Hall–Kier alpha value is -2.70. The van der Waals surface area contributed by atoms with Gasteiger partial charge in [-0.1, -0.05) is 6.08 Å². The highest BCUT2D eigenvalue weighted by atomic mass is 35.5. The number of ether oxygens (including phenoxy) is 3. The van der Waals surface area contributed by atoms with E-state index < -0.39 is 0 Å². The lowest BCUT2D eigenvalue weighted by molar-refractivity contribution is 0.102. The van der Waals surface area contributed by atoms with Crippen molar-refractivity contribution >= 4 is 24.0 Å². The van der Waals surface area contributed by atoms with E-state index in [1.165, 1.54) is 7.11 Å². The largest absolute Gasteiger partial charge is 0.493 e. The van der Waals surface area contributed by atoms with Crippen molar-refractivity contribution in [2.24, 2.45) is 5.73 Å². The summed E-state index contributed by atoms with van der Waals surface area (Å²) in [6.07, 6.45) is 2.31. The second-order valence-corrected chi connectivity index (χ2v) is 5.48. The fraction of sp³-hybridized carbons (Fsp3) is 0.250. The van der Waals surface area contributed by atoms with Gasteiger partial charge in [-0.05, 0) is 42.8 Å². The summed E-state index contributed by atoms with van der Waals surface area (Å²) in [6.45, 7) is 4.64. The van der Waals surface area contributed by atoms with Crippen LogP contribution in [0.2, 0.25) is 0 Å². The molecule has 0 saturated heterocycles. The fourth-order valence-corrected chi connectivity index (χ4v) is 2.50. The van der Waals surface area contributed by atoms with Crippen LogP contribution >= 0.6 is 12.4 Å². The molecular weight excluding hydrogens is 368 g/mol. The Balaban J connectivity index is 0.00000364. The predicted octanol–water partition coefficient (Wildman–Crippen LogP) is 3.44. The van der Waals surface area contributed by atoms with Gasteiger partial charge in [-0.3, -0.25) is 4.79 Å². The number of methoxy groups -OCH3 is 2. The molecule has 0 atom stereocenters.